The number of rotatable bonds is 9. The normalized spacial score (nSPS) is 17.3. The van der Waals surface area contributed by atoms with E-state index in [0.29, 0.717) is 17.3 Å². The molecule has 0 atom stereocenters. The molecule has 0 unspecified atom stereocenters. The summed E-state index contributed by atoms with van der Waals surface area (Å²) in [7, 11) is 1.67. The Hall–Kier alpha value is -2.97. The Morgan fingerprint density at radius 3 is 2.61 bits per heavy atom. The van der Waals surface area contributed by atoms with Crippen LogP contribution in [0.1, 0.15) is 51.0 Å². The van der Waals surface area contributed by atoms with Crippen LogP contribution in [0.5, 0.6) is 5.75 Å². The van der Waals surface area contributed by atoms with E-state index in [0.717, 1.165) is 80.4 Å². The van der Waals surface area contributed by atoms with E-state index in [9.17, 15) is 0 Å². The molecule has 2 aliphatic rings. The van der Waals surface area contributed by atoms with Gasteiger partial charge >= 0.3 is 0 Å². The fourth-order valence-corrected chi connectivity index (χ4v) is 5.76. The van der Waals surface area contributed by atoms with Gasteiger partial charge in [-0.2, -0.15) is 0 Å². The maximum atomic E-state index is 15.2. The SMILES string of the molecule is COc1ccc2cnc(Nc3ccc(N4CCC(CCCN5CCOCC5)CC4)c(F)c3)nc2c1C(C)C. The van der Waals surface area contributed by atoms with E-state index in [1.165, 1.54) is 19.4 Å². The lowest BCUT2D eigenvalue weighted by Gasteiger charge is -2.34. The molecule has 1 aromatic heterocycles. The number of morpholine rings is 1. The molecule has 0 saturated carbocycles. The molecule has 1 N–H and O–H groups in total. The minimum Gasteiger partial charge on any atom is -0.496 e. The molecule has 204 valence electrons. The van der Waals surface area contributed by atoms with Crippen LogP contribution in [0.25, 0.3) is 10.9 Å². The molecule has 2 aromatic carbocycles. The van der Waals surface area contributed by atoms with Crippen LogP contribution in [0, 0.1) is 11.7 Å². The van der Waals surface area contributed by atoms with E-state index in [2.05, 4.69) is 33.9 Å². The number of ether oxygens (including phenoxy) is 2. The van der Waals surface area contributed by atoms with Crippen LogP contribution < -0.4 is 15.0 Å². The first kappa shape index (κ1) is 26.6. The van der Waals surface area contributed by atoms with Crippen molar-refractivity contribution in [3.05, 3.63) is 47.9 Å². The van der Waals surface area contributed by atoms with Gasteiger partial charge in [0.1, 0.15) is 11.6 Å². The van der Waals surface area contributed by atoms with Crippen LogP contribution in [0.15, 0.2) is 36.5 Å². The van der Waals surface area contributed by atoms with Gasteiger partial charge in [0.05, 0.1) is 31.5 Å². The van der Waals surface area contributed by atoms with Crippen molar-refractivity contribution < 1.29 is 13.9 Å². The second kappa shape index (κ2) is 12.3. The third-order valence-electron chi connectivity index (χ3n) is 7.90. The van der Waals surface area contributed by atoms with Crippen LogP contribution in [0.2, 0.25) is 0 Å². The van der Waals surface area contributed by atoms with Gasteiger partial charge in [-0.15, -0.1) is 0 Å². The third-order valence-corrected chi connectivity index (χ3v) is 7.90. The van der Waals surface area contributed by atoms with Gasteiger partial charge < -0.3 is 19.7 Å². The van der Waals surface area contributed by atoms with Crippen LogP contribution in [-0.4, -0.2) is 67.9 Å². The zero-order valence-electron chi connectivity index (χ0n) is 22.9. The van der Waals surface area contributed by atoms with Crippen LogP contribution in [-0.2, 0) is 4.74 Å². The van der Waals surface area contributed by atoms with Crippen molar-refractivity contribution in [1.82, 2.24) is 14.9 Å². The molecule has 3 heterocycles. The van der Waals surface area contributed by atoms with Crippen LogP contribution >= 0.6 is 0 Å². The van der Waals surface area contributed by atoms with Gasteiger partial charge in [0.2, 0.25) is 5.95 Å². The number of halogens is 1. The summed E-state index contributed by atoms with van der Waals surface area (Å²) in [5.74, 6) is 2.01. The van der Waals surface area contributed by atoms with Gasteiger partial charge in [-0.05, 0) is 74.4 Å². The maximum absolute atomic E-state index is 15.2. The van der Waals surface area contributed by atoms with E-state index in [1.807, 2.05) is 24.3 Å². The Balaban J connectivity index is 1.19. The van der Waals surface area contributed by atoms with Crippen molar-refractivity contribution in [2.75, 3.05) is 63.3 Å². The first-order valence-corrected chi connectivity index (χ1v) is 14.0. The highest BCUT2D eigenvalue weighted by atomic mass is 19.1. The number of hydrogen-bond acceptors (Lipinski definition) is 7. The quantitative estimate of drug-likeness (QED) is 0.372. The van der Waals surface area contributed by atoms with Crippen molar-refractivity contribution in [1.29, 1.82) is 0 Å². The number of nitrogens with one attached hydrogen (secondary N) is 1. The maximum Gasteiger partial charge on any atom is 0.227 e. The Morgan fingerprint density at radius 1 is 1.11 bits per heavy atom. The Bertz CT molecular complexity index is 1220. The van der Waals surface area contributed by atoms with E-state index >= 15 is 4.39 Å². The van der Waals surface area contributed by atoms with Crippen molar-refractivity contribution in [2.45, 2.75) is 45.4 Å². The smallest absolute Gasteiger partial charge is 0.227 e. The summed E-state index contributed by atoms with van der Waals surface area (Å²) < 4.78 is 26.2. The molecule has 5 rings (SSSR count). The summed E-state index contributed by atoms with van der Waals surface area (Å²) in [6, 6.07) is 9.25. The standard InChI is InChI=1S/C30H40FN5O2/c1-21(2)28-27(37-3)9-6-23-20-32-30(34-29(23)28)33-24-7-8-26(25(31)19-24)36-13-10-22(11-14-36)5-4-12-35-15-17-38-18-16-35/h6-9,19-22H,4-5,10-18H2,1-3H3,(H,32,33,34). The zero-order chi connectivity index (χ0) is 26.5. The van der Waals surface area contributed by atoms with E-state index < -0.39 is 0 Å². The van der Waals surface area contributed by atoms with Crippen molar-refractivity contribution in [3.8, 4) is 5.75 Å². The van der Waals surface area contributed by atoms with E-state index in [-0.39, 0.29) is 11.7 Å². The van der Waals surface area contributed by atoms with Gasteiger partial charge in [-0.1, -0.05) is 13.8 Å². The molecule has 3 aromatic rings. The lowest BCUT2D eigenvalue weighted by molar-refractivity contribution is 0.0365. The average Bonchev–Trinajstić information content (AvgIpc) is 2.93. The molecule has 0 aliphatic carbocycles. The first-order valence-electron chi connectivity index (χ1n) is 14.0. The number of piperidine rings is 1. The van der Waals surface area contributed by atoms with Crippen LogP contribution in [0.3, 0.4) is 0 Å². The Kier molecular flexibility index (Phi) is 8.59. The average molecular weight is 522 g/mol. The molecule has 0 bridgehead atoms. The van der Waals surface area contributed by atoms with Crippen LogP contribution in [0.4, 0.5) is 21.7 Å². The van der Waals surface area contributed by atoms with Gasteiger partial charge in [-0.25, -0.2) is 14.4 Å². The molecule has 2 fully saturated rings. The fourth-order valence-electron chi connectivity index (χ4n) is 5.76. The van der Waals surface area contributed by atoms with Gasteiger partial charge in [0.15, 0.2) is 0 Å². The summed E-state index contributed by atoms with van der Waals surface area (Å²) in [6.45, 7) is 11.1. The number of benzene rings is 2. The third kappa shape index (κ3) is 6.18. The van der Waals surface area contributed by atoms with Gasteiger partial charge in [0.25, 0.3) is 0 Å². The summed E-state index contributed by atoms with van der Waals surface area (Å²) in [4.78, 5) is 13.9. The predicted molar refractivity (Wildman–Crippen MR) is 151 cm³/mol. The Morgan fingerprint density at radius 2 is 1.89 bits per heavy atom. The zero-order valence-corrected chi connectivity index (χ0v) is 22.9. The monoisotopic (exact) mass is 521 g/mol. The van der Waals surface area contributed by atoms with Gasteiger partial charge in [0, 0.05) is 49.0 Å². The molecule has 7 nitrogen and oxygen atoms in total. The van der Waals surface area contributed by atoms with Crippen molar-refractivity contribution >= 4 is 28.2 Å². The lowest BCUT2D eigenvalue weighted by atomic mass is 9.91. The number of methoxy groups -OCH3 is 1. The second-order valence-corrected chi connectivity index (χ2v) is 10.8. The highest BCUT2D eigenvalue weighted by Crippen LogP contribution is 2.34. The van der Waals surface area contributed by atoms with Crippen molar-refractivity contribution in [3.63, 3.8) is 0 Å². The molecular formula is C30H40FN5O2. The molecule has 0 radical (unpaired) electrons. The second-order valence-electron chi connectivity index (χ2n) is 10.8. The molecule has 0 amide bonds. The van der Waals surface area contributed by atoms with Gasteiger partial charge in [-0.3, -0.25) is 4.90 Å². The minimum atomic E-state index is -0.217. The minimum absolute atomic E-state index is 0.217. The van der Waals surface area contributed by atoms with Crippen molar-refractivity contribution in [2.24, 2.45) is 5.92 Å². The number of anilines is 3. The molecule has 2 aliphatic heterocycles. The van der Waals surface area contributed by atoms with E-state index in [1.54, 1.807) is 19.4 Å². The molecule has 2 saturated heterocycles. The number of aromatic nitrogens is 2. The van der Waals surface area contributed by atoms with E-state index in [4.69, 9.17) is 14.5 Å². The molecule has 38 heavy (non-hydrogen) atoms. The number of hydrogen-bond donors (Lipinski definition) is 1. The summed E-state index contributed by atoms with van der Waals surface area (Å²) in [5.41, 5.74) is 3.20. The number of nitrogens with zero attached hydrogens (tertiary/aromatic N) is 4. The number of fused-ring (bicyclic) bond motifs is 1. The molecule has 8 heteroatoms. The molecular weight excluding hydrogens is 481 g/mol. The Labute approximate surface area is 225 Å². The highest BCUT2D eigenvalue weighted by molar-refractivity contribution is 5.85. The largest absolute Gasteiger partial charge is 0.496 e. The molecule has 0 spiro atoms. The predicted octanol–water partition coefficient (Wildman–Crippen LogP) is 5.97. The first-order chi connectivity index (χ1) is 18.5. The lowest BCUT2D eigenvalue weighted by Crippen LogP contribution is -2.37. The summed E-state index contributed by atoms with van der Waals surface area (Å²) in [5, 5.41) is 4.14. The summed E-state index contributed by atoms with van der Waals surface area (Å²) >= 11 is 0. The highest BCUT2D eigenvalue weighted by Gasteiger charge is 2.22. The summed E-state index contributed by atoms with van der Waals surface area (Å²) in [6.07, 6.45) is 6.53. The topological polar surface area (TPSA) is 62.8 Å². The fraction of sp³-hybridized carbons (Fsp3) is 0.533.